The van der Waals surface area contributed by atoms with Crippen LogP contribution in [0, 0.1) is 6.92 Å². The van der Waals surface area contributed by atoms with Gasteiger partial charge in [0.1, 0.15) is 4.83 Å². The predicted molar refractivity (Wildman–Crippen MR) is 129 cm³/mol. The van der Waals surface area contributed by atoms with Crippen molar-refractivity contribution in [1.29, 1.82) is 0 Å². The second kappa shape index (κ2) is 7.91. The minimum absolute atomic E-state index is 0.148. The fourth-order valence-electron chi connectivity index (χ4n) is 3.78. The molecular weight excluding hydrogens is 468 g/mol. The molecule has 4 aromatic rings. The zero-order valence-electron chi connectivity index (χ0n) is 17.1. The van der Waals surface area contributed by atoms with Gasteiger partial charge >= 0.3 is 0 Å². The number of hydrogen-bond donors (Lipinski definition) is 1. The maximum Gasteiger partial charge on any atom is 0.265 e. The summed E-state index contributed by atoms with van der Waals surface area (Å²) in [6.45, 7) is 2.36. The number of aryl methyl sites for hydroxylation is 1. The van der Waals surface area contributed by atoms with Gasteiger partial charge in [0.2, 0.25) is 10.0 Å². The topological polar surface area (TPSA) is 84.3 Å². The SMILES string of the molecule is Cc1nn(-c2ccc(Cl)cc2)c2sc(C(=O)Nc3cccc(N4CCCS4(=O)=O)c3)cc12. The van der Waals surface area contributed by atoms with E-state index in [1.807, 2.05) is 25.1 Å². The first-order valence-electron chi connectivity index (χ1n) is 9.99. The number of rotatable bonds is 4. The van der Waals surface area contributed by atoms with Crippen LogP contribution in [0.3, 0.4) is 0 Å². The largest absolute Gasteiger partial charge is 0.321 e. The number of hydrogen-bond acceptors (Lipinski definition) is 5. The van der Waals surface area contributed by atoms with E-state index in [1.165, 1.54) is 15.6 Å². The Bertz CT molecular complexity index is 1440. The quantitative estimate of drug-likeness (QED) is 0.447. The summed E-state index contributed by atoms with van der Waals surface area (Å²) in [4.78, 5) is 14.4. The van der Waals surface area contributed by atoms with E-state index in [1.54, 1.807) is 41.1 Å². The smallest absolute Gasteiger partial charge is 0.265 e. The van der Waals surface area contributed by atoms with Crippen LogP contribution in [0.4, 0.5) is 11.4 Å². The lowest BCUT2D eigenvalue weighted by atomic mass is 10.2. The molecule has 5 rings (SSSR count). The van der Waals surface area contributed by atoms with Crippen LogP contribution in [0.2, 0.25) is 5.02 Å². The number of nitrogens with one attached hydrogen (secondary N) is 1. The summed E-state index contributed by atoms with van der Waals surface area (Å²) in [5.41, 5.74) is 2.79. The van der Waals surface area contributed by atoms with Crippen molar-refractivity contribution in [3.63, 3.8) is 0 Å². The van der Waals surface area contributed by atoms with Crippen molar-refractivity contribution < 1.29 is 13.2 Å². The molecule has 1 saturated heterocycles. The van der Waals surface area contributed by atoms with E-state index < -0.39 is 10.0 Å². The van der Waals surface area contributed by atoms with Crippen LogP contribution in [0.5, 0.6) is 0 Å². The van der Waals surface area contributed by atoms with Crippen molar-refractivity contribution in [2.75, 3.05) is 21.9 Å². The molecule has 1 N–H and O–H groups in total. The Kier molecular flexibility index (Phi) is 5.19. The van der Waals surface area contributed by atoms with Crippen LogP contribution in [-0.4, -0.2) is 36.4 Å². The van der Waals surface area contributed by atoms with E-state index >= 15 is 0 Å². The van der Waals surface area contributed by atoms with E-state index in [0.29, 0.717) is 34.2 Å². The second-order valence-corrected chi connectivity index (χ2v) is 11.0. The van der Waals surface area contributed by atoms with Gasteiger partial charge in [-0.1, -0.05) is 17.7 Å². The summed E-state index contributed by atoms with van der Waals surface area (Å²) >= 11 is 7.35. The molecule has 2 aromatic heterocycles. The number of carbonyl (C=O) groups is 1. The van der Waals surface area contributed by atoms with Gasteiger partial charge in [-0.05, 0) is 61.9 Å². The Morgan fingerprint density at radius 2 is 1.91 bits per heavy atom. The van der Waals surface area contributed by atoms with E-state index in [4.69, 9.17) is 11.6 Å². The van der Waals surface area contributed by atoms with E-state index in [2.05, 4.69) is 10.4 Å². The second-order valence-electron chi connectivity index (χ2n) is 7.55. The highest BCUT2D eigenvalue weighted by Gasteiger charge is 2.28. The number of halogens is 1. The van der Waals surface area contributed by atoms with Crippen molar-refractivity contribution in [3.05, 3.63) is 70.2 Å². The van der Waals surface area contributed by atoms with Crippen LogP contribution in [0.15, 0.2) is 54.6 Å². The first-order valence-corrected chi connectivity index (χ1v) is 12.8. The standard InChI is InChI=1S/C22H19ClN4O3S2/c1-14-19-13-20(31-22(19)27(25-14)17-8-6-15(23)7-9-17)21(28)24-16-4-2-5-18(12-16)26-10-3-11-32(26,29)30/h2,4-9,12-13H,3,10-11H2,1H3,(H,24,28). The maximum atomic E-state index is 13.0. The third-order valence-corrected chi connectivity index (χ3v) is 8.56. The van der Waals surface area contributed by atoms with Crippen molar-refractivity contribution in [2.24, 2.45) is 0 Å². The van der Waals surface area contributed by atoms with Crippen molar-refractivity contribution in [1.82, 2.24) is 9.78 Å². The molecule has 0 unspecified atom stereocenters. The van der Waals surface area contributed by atoms with Crippen LogP contribution in [0.1, 0.15) is 21.8 Å². The summed E-state index contributed by atoms with van der Waals surface area (Å²) < 4.78 is 27.6. The first kappa shape index (κ1) is 21.0. The molecule has 10 heteroatoms. The molecule has 0 saturated carbocycles. The Balaban J connectivity index is 1.43. The molecule has 32 heavy (non-hydrogen) atoms. The van der Waals surface area contributed by atoms with Crippen molar-refractivity contribution in [3.8, 4) is 5.69 Å². The number of thiophene rings is 1. The van der Waals surface area contributed by atoms with Crippen LogP contribution >= 0.6 is 22.9 Å². The average Bonchev–Trinajstić information content (AvgIpc) is 3.43. The fourth-order valence-corrected chi connectivity index (χ4v) is 6.54. The third-order valence-electron chi connectivity index (χ3n) is 5.33. The van der Waals surface area contributed by atoms with Gasteiger partial charge in [0.05, 0.1) is 27.7 Å². The molecule has 0 bridgehead atoms. The number of carbonyl (C=O) groups excluding carboxylic acids is 1. The Hall–Kier alpha value is -2.88. The molecule has 0 spiro atoms. The summed E-state index contributed by atoms with van der Waals surface area (Å²) in [6.07, 6.45) is 0.602. The van der Waals surface area contributed by atoms with Gasteiger partial charge in [-0.2, -0.15) is 5.10 Å². The summed E-state index contributed by atoms with van der Waals surface area (Å²) in [5.74, 6) is -0.107. The highest BCUT2D eigenvalue weighted by atomic mass is 35.5. The lowest BCUT2D eigenvalue weighted by molar-refractivity contribution is 0.103. The van der Waals surface area contributed by atoms with E-state index in [-0.39, 0.29) is 11.7 Å². The fraction of sp³-hybridized carbons (Fsp3) is 0.182. The number of anilines is 2. The molecule has 3 heterocycles. The monoisotopic (exact) mass is 486 g/mol. The van der Waals surface area contributed by atoms with Crippen LogP contribution < -0.4 is 9.62 Å². The van der Waals surface area contributed by atoms with Crippen LogP contribution in [-0.2, 0) is 10.0 Å². The van der Waals surface area contributed by atoms with Gasteiger partial charge in [0.15, 0.2) is 0 Å². The highest BCUT2D eigenvalue weighted by molar-refractivity contribution is 7.93. The van der Waals surface area contributed by atoms with Gasteiger partial charge in [-0.15, -0.1) is 11.3 Å². The molecule has 164 valence electrons. The molecular formula is C22H19ClN4O3S2. The first-order chi connectivity index (χ1) is 15.3. The number of nitrogens with zero attached hydrogens (tertiary/aromatic N) is 3. The maximum absolute atomic E-state index is 13.0. The Labute approximate surface area is 194 Å². The zero-order chi connectivity index (χ0) is 22.5. The molecule has 1 aliphatic rings. The normalized spacial score (nSPS) is 15.4. The van der Waals surface area contributed by atoms with Gasteiger partial charge < -0.3 is 5.32 Å². The number of sulfonamides is 1. The molecule has 0 aliphatic carbocycles. The van der Waals surface area contributed by atoms with Crippen molar-refractivity contribution in [2.45, 2.75) is 13.3 Å². The van der Waals surface area contributed by atoms with Crippen LogP contribution in [0.25, 0.3) is 15.9 Å². The van der Waals surface area contributed by atoms with Gasteiger partial charge in [0, 0.05) is 22.6 Å². The van der Waals surface area contributed by atoms with Gasteiger partial charge in [0.25, 0.3) is 5.91 Å². The summed E-state index contributed by atoms with van der Waals surface area (Å²) in [6, 6.07) is 16.1. The third kappa shape index (κ3) is 3.76. The molecule has 0 atom stereocenters. The number of aromatic nitrogens is 2. The minimum atomic E-state index is -3.28. The number of fused-ring (bicyclic) bond motifs is 1. The summed E-state index contributed by atoms with van der Waals surface area (Å²) in [5, 5.41) is 9.03. The van der Waals surface area contributed by atoms with Gasteiger partial charge in [-0.3, -0.25) is 9.10 Å². The lowest BCUT2D eigenvalue weighted by Crippen LogP contribution is -2.25. The Morgan fingerprint density at radius 1 is 1.12 bits per heavy atom. The number of amides is 1. The minimum Gasteiger partial charge on any atom is -0.321 e. The van der Waals surface area contributed by atoms with E-state index in [9.17, 15) is 13.2 Å². The molecule has 1 aliphatic heterocycles. The molecule has 0 radical (unpaired) electrons. The zero-order valence-corrected chi connectivity index (χ0v) is 19.5. The molecule has 7 nitrogen and oxygen atoms in total. The average molecular weight is 487 g/mol. The highest BCUT2D eigenvalue weighted by Crippen LogP contribution is 2.32. The predicted octanol–water partition coefficient (Wildman–Crippen LogP) is 4.84. The van der Waals surface area contributed by atoms with Gasteiger partial charge in [-0.25, -0.2) is 13.1 Å². The molecule has 1 fully saturated rings. The molecule has 1 amide bonds. The summed E-state index contributed by atoms with van der Waals surface area (Å²) in [7, 11) is -3.28. The number of benzene rings is 2. The molecule has 2 aromatic carbocycles. The van der Waals surface area contributed by atoms with E-state index in [0.717, 1.165) is 21.6 Å². The van der Waals surface area contributed by atoms with Crippen molar-refractivity contribution >= 4 is 60.5 Å². The lowest BCUT2D eigenvalue weighted by Gasteiger charge is -2.17. The Morgan fingerprint density at radius 3 is 2.62 bits per heavy atom.